The molecule has 1 aromatic heterocycles. The first-order valence-corrected chi connectivity index (χ1v) is 6.23. The molecule has 0 amide bonds. The topological polar surface area (TPSA) is 25.2 Å². The molecule has 90 valence electrons. The fourth-order valence-corrected chi connectivity index (χ4v) is 2.06. The summed E-state index contributed by atoms with van der Waals surface area (Å²) in [5, 5.41) is 4.31. The lowest BCUT2D eigenvalue weighted by molar-refractivity contribution is 0.506. The van der Waals surface area contributed by atoms with E-state index < -0.39 is 0 Å². The zero-order valence-corrected chi connectivity index (χ0v) is 9.71. The largest absolute Gasteiger partial charge is 0.458 e. The van der Waals surface area contributed by atoms with E-state index in [2.05, 4.69) is 5.32 Å². The normalized spacial score (nSPS) is 15.6. The van der Waals surface area contributed by atoms with E-state index in [-0.39, 0.29) is 5.82 Å². The van der Waals surface area contributed by atoms with E-state index >= 15 is 0 Å². The number of hydrogen-bond donors (Lipinski definition) is 1. The van der Waals surface area contributed by atoms with Gasteiger partial charge in [-0.15, -0.1) is 0 Å². The highest BCUT2D eigenvalue weighted by Crippen LogP contribution is 2.23. The van der Waals surface area contributed by atoms with Crippen molar-refractivity contribution in [2.75, 3.05) is 6.54 Å². The number of para-hydroxylation sites is 1. The molecule has 1 fully saturated rings. The highest BCUT2D eigenvalue weighted by molar-refractivity contribution is 5.78. The zero-order chi connectivity index (χ0) is 11.7. The smallest absolute Gasteiger partial charge is 0.169 e. The number of fused-ring (bicyclic) bond motifs is 1. The lowest BCUT2D eigenvalue weighted by Gasteiger charge is -2.00. The number of furan rings is 1. The number of nitrogens with one attached hydrogen (secondary N) is 1. The molecule has 0 atom stereocenters. The van der Waals surface area contributed by atoms with Gasteiger partial charge in [-0.3, -0.25) is 0 Å². The number of hydrogen-bond acceptors (Lipinski definition) is 2. The summed E-state index contributed by atoms with van der Waals surface area (Å²) in [6.45, 7) is 1.02. The molecule has 0 radical (unpaired) electrons. The van der Waals surface area contributed by atoms with E-state index in [9.17, 15) is 4.39 Å². The van der Waals surface area contributed by atoms with E-state index in [0.717, 1.165) is 36.6 Å². The van der Waals surface area contributed by atoms with E-state index in [1.165, 1.54) is 18.9 Å². The van der Waals surface area contributed by atoms with Gasteiger partial charge in [-0.25, -0.2) is 4.39 Å². The Hall–Kier alpha value is -1.35. The van der Waals surface area contributed by atoms with E-state index in [0.29, 0.717) is 5.58 Å². The summed E-state index contributed by atoms with van der Waals surface area (Å²) in [6.07, 6.45) is 4.54. The third kappa shape index (κ3) is 2.50. The van der Waals surface area contributed by atoms with Crippen molar-refractivity contribution in [3.8, 4) is 0 Å². The van der Waals surface area contributed by atoms with Gasteiger partial charge < -0.3 is 9.73 Å². The lowest BCUT2D eigenvalue weighted by Crippen LogP contribution is -2.17. The maximum Gasteiger partial charge on any atom is 0.169 e. The monoisotopic (exact) mass is 233 g/mol. The van der Waals surface area contributed by atoms with Crippen LogP contribution in [0.5, 0.6) is 0 Å². The molecule has 0 spiro atoms. The summed E-state index contributed by atoms with van der Waals surface area (Å²) < 4.78 is 18.9. The van der Waals surface area contributed by atoms with Gasteiger partial charge in [0.1, 0.15) is 5.76 Å². The predicted molar refractivity (Wildman–Crippen MR) is 65.5 cm³/mol. The molecule has 2 aromatic rings. The first kappa shape index (κ1) is 10.8. The molecule has 1 saturated carbocycles. The number of rotatable bonds is 5. The zero-order valence-electron chi connectivity index (χ0n) is 9.71. The Kier molecular flexibility index (Phi) is 2.85. The summed E-state index contributed by atoms with van der Waals surface area (Å²) in [5.74, 6) is 0.604. The van der Waals surface area contributed by atoms with Crippen molar-refractivity contribution in [2.45, 2.75) is 31.7 Å². The van der Waals surface area contributed by atoms with Crippen molar-refractivity contribution in [1.82, 2.24) is 5.32 Å². The van der Waals surface area contributed by atoms with Crippen LogP contribution >= 0.6 is 0 Å². The highest BCUT2D eigenvalue weighted by atomic mass is 19.1. The third-order valence-corrected chi connectivity index (χ3v) is 3.16. The molecule has 1 aliphatic carbocycles. The molecule has 3 rings (SSSR count). The van der Waals surface area contributed by atoms with Crippen LogP contribution in [0.25, 0.3) is 11.0 Å². The molecular weight excluding hydrogens is 217 g/mol. The van der Waals surface area contributed by atoms with E-state index in [1.54, 1.807) is 6.07 Å². The van der Waals surface area contributed by atoms with Gasteiger partial charge in [-0.05, 0) is 37.9 Å². The van der Waals surface area contributed by atoms with Crippen LogP contribution in [0.15, 0.2) is 28.7 Å². The maximum atomic E-state index is 13.4. The molecule has 3 heteroatoms. The average molecular weight is 233 g/mol. The van der Waals surface area contributed by atoms with Crippen LogP contribution in [0.3, 0.4) is 0 Å². The molecule has 1 aliphatic rings. The average Bonchev–Trinajstić information content (AvgIpc) is 3.04. The Labute approximate surface area is 99.8 Å². The fourth-order valence-electron chi connectivity index (χ4n) is 2.06. The molecule has 17 heavy (non-hydrogen) atoms. The SMILES string of the molecule is Fc1cccc2cc(CCCNC3CC3)oc12. The molecule has 2 nitrogen and oxygen atoms in total. The van der Waals surface area contributed by atoms with Gasteiger partial charge in [0.15, 0.2) is 11.4 Å². The first-order chi connectivity index (χ1) is 8.33. The van der Waals surface area contributed by atoms with Gasteiger partial charge in [0.2, 0.25) is 0 Å². The molecule has 1 aromatic carbocycles. The minimum Gasteiger partial charge on any atom is -0.458 e. The second kappa shape index (κ2) is 4.49. The Bertz CT molecular complexity index is 516. The summed E-state index contributed by atoms with van der Waals surface area (Å²) >= 11 is 0. The predicted octanol–water partition coefficient (Wildman–Crippen LogP) is 3.26. The Morgan fingerprint density at radius 2 is 2.24 bits per heavy atom. The maximum absolute atomic E-state index is 13.4. The Balaban J connectivity index is 1.62. The minimum absolute atomic E-state index is 0.273. The summed E-state index contributed by atoms with van der Waals surface area (Å²) in [5.41, 5.74) is 0.387. The second-order valence-electron chi connectivity index (χ2n) is 4.70. The molecule has 0 aliphatic heterocycles. The van der Waals surface area contributed by atoms with Crippen LogP contribution in [-0.4, -0.2) is 12.6 Å². The fraction of sp³-hybridized carbons (Fsp3) is 0.429. The molecule has 1 N–H and O–H groups in total. The summed E-state index contributed by atoms with van der Waals surface area (Å²) in [4.78, 5) is 0. The van der Waals surface area contributed by atoms with E-state index in [1.807, 2.05) is 12.1 Å². The number of aryl methyl sites for hydroxylation is 1. The second-order valence-corrected chi connectivity index (χ2v) is 4.70. The first-order valence-electron chi connectivity index (χ1n) is 6.23. The van der Waals surface area contributed by atoms with Crippen LogP contribution in [0.1, 0.15) is 25.0 Å². The van der Waals surface area contributed by atoms with Gasteiger partial charge in [0.05, 0.1) is 0 Å². The van der Waals surface area contributed by atoms with Gasteiger partial charge in [0.25, 0.3) is 0 Å². The lowest BCUT2D eigenvalue weighted by atomic mass is 10.2. The van der Waals surface area contributed by atoms with Crippen LogP contribution in [-0.2, 0) is 6.42 Å². The van der Waals surface area contributed by atoms with Crippen molar-refractivity contribution in [1.29, 1.82) is 0 Å². The summed E-state index contributed by atoms with van der Waals surface area (Å²) in [6, 6.07) is 7.72. The molecule has 0 unspecified atom stereocenters. The Morgan fingerprint density at radius 1 is 1.35 bits per heavy atom. The van der Waals surface area contributed by atoms with Crippen LogP contribution < -0.4 is 5.32 Å². The quantitative estimate of drug-likeness (QED) is 0.802. The molecule has 0 saturated heterocycles. The number of halogens is 1. The highest BCUT2D eigenvalue weighted by Gasteiger charge is 2.19. The standard InChI is InChI=1S/C14H16FNO/c15-13-5-1-3-10-9-12(17-14(10)13)4-2-8-16-11-6-7-11/h1,3,5,9,11,16H,2,4,6-8H2. The van der Waals surface area contributed by atoms with Crippen molar-refractivity contribution in [3.63, 3.8) is 0 Å². The van der Waals surface area contributed by atoms with Crippen molar-refractivity contribution < 1.29 is 8.81 Å². The molecule has 1 heterocycles. The Morgan fingerprint density at radius 3 is 3.00 bits per heavy atom. The van der Waals surface area contributed by atoms with Gasteiger partial charge in [0, 0.05) is 17.8 Å². The van der Waals surface area contributed by atoms with Gasteiger partial charge in [-0.2, -0.15) is 0 Å². The minimum atomic E-state index is -0.273. The van der Waals surface area contributed by atoms with Crippen LogP contribution in [0.2, 0.25) is 0 Å². The van der Waals surface area contributed by atoms with Crippen molar-refractivity contribution >= 4 is 11.0 Å². The van der Waals surface area contributed by atoms with Crippen molar-refractivity contribution in [3.05, 3.63) is 35.8 Å². The molecule has 0 bridgehead atoms. The van der Waals surface area contributed by atoms with E-state index in [4.69, 9.17) is 4.42 Å². The number of benzene rings is 1. The summed E-state index contributed by atoms with van der Waals surface area (Å²) in [7, 11) is 0. The molecular formula is C14H16FNO. The van der Waals surface area contributed by atoms with Gasteiger partial charge in [-0.1, -0.05) is 12.1 Å². The third-order valence-electron chi connectivity index (χ3n) is 3.16. The van der Waals surface area contributed by atoms with Crippen LogP contribution in [0.4, 0.5) is 4.39 Å². The van der Waals surface area contributed by atoms with Crippen LogP contribution in [0, 0.1) is 5.82 Å². The van der Waals surface area contributed by atoms with Gasteiger partial charge >= 0.3 is 0 Å². The van der Waals surface area contributed by atoms with Crippen molar-refractivity contribution in [2.24, 2.45) is 0 Å².